The first kappa shape index (κ1) is 22.9. The number of nitrogens with zero attached hydrogens (tertiary/aromatic N) is 3. The van der Waals surface area contributed by atoms with Crippen LogP contribution in [0.4, 0.5) is 0 Å². The number of benzene rings is 1. The second-order valence-electron chi connectivity index (χ2n) is 8.39. The van der Waals surface area contributed by atoms with E-state index in [4.69, 9.17) is 0 Å². The first-order chi connectivity index (χ1) is 15.7. The Morgan fingerprint density at radius 2 is 1.91 bits per heavy atom. The summed E-state index contributed by atoms with van der Waals surface area (Å²) in [5.41, 5.74) is 2.33. The molecule has 0 bridgehead atoms. The van der Waals surface area contributed by atoms with Crippen LogP contribution in [-0.2, 0) is 14.8 Å². The largest absolute Gasteiger partial charge is 0.350 e. The van der Waals surface area contributed by atoms with Crippen LogP contribution in [0.5, 0.6) is 0 Å². The van der Waals surface area contributed by atoms with Gasteiger partial charge in [0.1, 0.15) is 0 Å². The van der Waals surface area contributed by atoms with E-state index in [-0.39, 0.29) is 17.9 Å². The van der Waals surface area contributed by atoms with Crippen LogP contribution < -0.4 is 10.0 Å². The fraction of sp³-hybridized carbons (Fsp3) is 0.348. The molecule has 1 aliphatic rings. The highest BCUT2D eigenvalue weighted by Gasteiger charge is 2.35. The maximum Gasteiger partial charge on any atom is 0.256 e. The number of fused-ring (bicyclic) bond motifs is 1. The van der Waals surface area contributed by atoms with Gasteiger partial charge in [0.25, 0.3) is 5.91 Å². The predicted octanol–water partition coefficient (Wildman–Crippen LogP) is 1.39. The number of imidazole rings is 1. The van der Waals surface area contributed by atoms with Crippen LogP contribution in [0.1, 0.15) is 35.2 Å². The second-order valence-corrected chi connectivity index (χ2v) is 10.2. The number of pyridine rings is 1. The van der Waals surface area contributed by atoms with Gasteiger partial charge >= 0.3 is 0 Å². The van der Waals surface area contributed by atoms with E-state index < -0.39 is 22.0 Å². The molecule has 9 nitrogen and oxygen atoms in total. The molecule has 3 heterocycles. The highest BCUT2D eigenvalue weighted by atomic mass is 32.2. The van der Waals surface area contributed by atoms with Crippen molar-refractivity contribution in [3.63, 3.8) is 0 Å². The fourth-order valence-electron chi connectivity index (χ4n) is 4.36. The molecule has 0 saturated carbocycles. The molecule has 1 aliphatic heterocycles. The van der Waals surface area contributed by atoms with Crippen LogP contribution in [0.25, 0.3) is 5.52 Å². The van der Waals surface area contributed by atoms with E-state index in [0.717, 1.165) is 17.3 Å². The Morgan fingerprint density at radius 1 is 1.15 bits per heavy atom. The van der Waals surface area contributed by atoms with E-state index in [9.17, 15) is 18.0 Å². The third-order valence-corrected chi connectivity index (χ3v) is 6.70. The summed E-state index contributed by atoms with van der Waals surface area (Å²) < 4.78 is 27.2. The molecular formula is C23H27N5O4S. The first-order valence-electron chi connectivity index (χ1n) is 10.8. The molecule has 2 N–H and O–H groups in total. The van der Waals surface area contributed by atoms with E-state index >= 15 is 0 Å². The van der Waals surface area contributed by atoms with Crippen molar-refractivity contribution in [2.24, 2.45) is 0 Å². The number of rotatable bonds is 6. The van der Waals surface area contributed by atoms with E-state index in [1.807, 2.05) is 36.5 Å². The highest BCUT2D eigenvalue weighted by Crippen LogP contribution is 2.29. The topological polar surface area (TPSA) is 113 Å². The van der Waals surface area contributed by atoms with Gasteiger partial charge in [0, 0.05) is 25.2 Å². The Bertz CT molecular complexity index is 1260. The smallest absolute Gasteiger partial charge is 0.256 e. The monoisotopic (exact) mass is 469 g/mol. The third-order valence-electron chi connectivity index (χ3n) is 5.92. The van der Waals surface area contributed by atoms with Crippen molar-refractivity contribution in [1.29, 1.82) is 0 Å². The maximum atomic E-state index is 13.4. The molecule has 0 unspecified atom stereocenters. The lowest BCUT2D eigenvalue weighted by Crippen LogP contribution is -2.56. The van der Waals surface area contributed by atoms with Gasteiger partial charge in [-0.1, -0.05) is 30.3 Å². The molecule has 174 valence electrons. The van der Waals surface area contributed by atoms with E-state index in [1.54, 1.807) is 34.0 Å². The Kier molecular flexibility index (Phi) is 6.48. The zero-order valence-electron chi connectivity index (χ0n) is 18.5. The molecule has 0 aliphatic carbocycles. The quantitative estimate of drug-likeness (QED) is 0.567. The number of sulfonamides is 1. The van der Waals surface area contributed by atoms with Gasteiger partial charge in [0.05, 0.1) is 41.9 Å². The van der Waals surface area contributed by atoms with Gasteiger partial charge in [-0.2, -0.15) is 0 Å². The van der Waals surface area contributed by atoms with Crippen LogP contribution in [0.2, 0.25) is 0 Å². The average molecular weight is 470 g/mol. The number of aromatic nitrogens is 2. The van der Waals surface area contributed by atoms with Crippen molar-refractivity contribution in [2.45, 2.75) is 31.3 Å². The first-order valence-corrected chi connectivity index (χ1v) is 12.6. The summed E-state index contributed by atoms with van der Waals surface area (Å²) in [6.07, 6.45) is 6.81. The number of piperidine rings is 1. The molecule has 0 radical (unpaired) electrons. The summed E-state index contributed by atoms with van der Waals surface area (Å²) in [7, 11) is -3.53. The maximum absolute atomic E-state index is 13.4. The zero-order chi connectivity index (χ0) is 23.6. The van der Waals surface area contributed by atoms with Gasteiger partial charge in [-0.3, -0.25) is 9.59 Å². The minimum Gasteiger partial charge on any atom is -0.350 e. The van der Waals surface area contributed by atoms with Crippen LogP contribution in [0, 0.1) is 0 Å². The molecule has 3 atom stereocenters. The van der Waals surface area contributed by atoms with Crippen LogP contribution in [-0.4, -0.2) is 65.9 Å². The van der Waals surface area contributed by atoms with E-state index in [1.165, 1.54) is 6.92 Å². The van der Waals surface area contributed by atoms with Crippen molar-refractivity contribution in [1.82, 2.24) is 24.3 Å². The molecule has 1 saturated heterocycles. The highest BCUT2D eigenvalue weighted by molar-refractivity contribution is 7.88. The predicted molar refractivity (Wildman–Crippen MR) is 124 cm³/mol. The Morgan fingerprint density at radius 3 is 2.64 bits per heavy atom. The summed E-state index contributed by atoms with van der Waals surface area (Å²) in [6.45, 7) is 2.35. The van der Waals surface area contributed by atoms with Crippen molar-refractivity contribution in [2.75, 3.05) is 19.3 Å². The summed E-state index contributed by atoms with van der Waals surface area (Å²) in [5, 5.41) is 2.98. The third kappa shape index (κ3) is 5.23. The second kappa shape index (κ2) is 9.32. The van der Waals surface area contributed by atoms with Gasteiger partial charge in [0.2, 0.25) is 15.9 Å². The minimum absolute atomic E-state index is 0.00427. The lowest BCUT2D eigenvalue weighted by molar-refractivity contribution is -0.123. The van der Waals surface area contributed by atoms with Crippen LogP contribution in [0.15, 0.2) is 61.2 Å². The number of hydrogen-bond acceptors (Lipinski definition) is 5. The lowest BCUT2D eigenvalue weighted by Gasteiger charge is -2.39. The summed E-state index contributed by atoms with van der Waals surface area (Å²) in [6, 6.07) is 12.1. The van der Waals surface area contributed by atoms with Crippen LogP contribution >= 0.6 is 0 Å². The van der Waals surface area contributed by atoms with Gasteiger partial charge < -0.3 is 14.6 Å². The summed E-state index contributed by atoms with van der Waals surface area (Å²) in [4.78, 5) is 32.0. The molecule has 1 aromatic carbocycles. The van der Waals surface area contributed by atoms with Crippen molar-refractivity contribution in [3.05, 3.63) is 72.3 Å². The Hall–Kier alpha value is -3.24. The Balaban J connectivity index is 1.57. The number of amides is 2. The number of nitrogens with one attached hydrogen (secondary N) is 2. The summed E-state index contributed by atoms with van der Waals surface area (Å²) in [5.74, 6) is -0.567. The van der Waals surface area contributed by atoms with Crippen molar-refractivity contribution < 1.29 is 18.0 Å². The van der Waals surface area contributed by atoms with Gasteiger partial charge in [-0.15, -0.1) is 0 Å². The summed E-state index contributed by atoms with van der Waals surface area (Å²) >= 11 is 0. The van der Waals surface area contributed by atoms with E-state index in [0.29, 0.717) is 25.1 Å². The normalized spacial score (nSPS) is 19.9. The molecule has 0 spiro atoms. The average Bonchev–Trinajstić information content (AvgIpc) is 3.27. The van der Waals surface area contributed by atoms with E-state index in [2.05, 4.69) is 15.0 Å². The SMILES string of the molecule is C[C@@H](NS(C)(=O)=O)C(=O)N[C@@H]1CN(C(=O)c2cccn3cncc23)CC[C@H]1c1ccccc1. The van der Waals surface area contributed by atoms with Gasteiger partial charge in [-0.05, 0) is 31.0 Å². The standard InChI is InChI=1S/C23H27N5O4S/c1-16(26-33(2,31)32)22(29)25-20-14-27(12-10-18(20)17-7-4-3-5-8-17)23(30)19-9-6-11-28-15-24-13-21(19)28/h3-9,11,13,15-16,18,20,26H,10,12,14H2,1-2H3,(H,25,29)/t16-,18+,20-/m1/s1. The van der Waals surface area contributed by atoms with Gasteiger partial charge in [-0.25, -0.2) is 18.1 Å². The molecule has 3 aromatic rings. The molecule has 2 amide bonds. The molecule has 10 heteroatoms. The van der Waals surface area contributed by atoms with Crippen molar-refractivity contribution in [3.8, 4) is 0 Å². The van der Waals surface area contributed by atoms with Crippen LogP contribution in [0.3, 0.4) is 0 Å². The molecule has 2 aromatic heterocycles. The number of carbonyl (C=O) groups excluding carboxylic acids is 2. The number of carbonyl (C=O) groups is 2. The molecular weight excluding hydrogens is 442 g/mol. The zero-order valence-corrected chi connectivity index (χ0v) is 19.3. The number of hydrogen-bond donors (Lipinski definition) is 2. The Labute approximate surface area is 192 Å². The van der Waals surface area contributed by atoms with Gasteiger partial charge in [0.15, 0.2) is 0 Å². The molecule has 1 fully saturated rings. The van der Waals surface area contributed by atoms with Crippen molar-refractivity contribution >= 4 is 27.4 Å². The lowest BCUT2D eigenvalue weighted by atomic mass is 9.85. The fourth-order valence-corrected chi connectivity index (χ4v) is 5.11. The minimum atomic E-state index is -3.53. The molecule has 4 rings (SSSR count). The molecule has 33 heavy (non-hydrogen) atoms. The number of likely N-dealkylation sites (tertiary alicyclic amines) is 1.